The van der Waals surface area contributed by atoms with Crippen LogP contribution in [0, 0.1) is 0 Å². The average Bonchev–Trinajstić information content (AvgIpc) is 2.88. The molecule has 0 aliphatic carbocycles. The van der Waals surface area contributed by atoms with Crippen LogP contribution in [0.25, 0.3) is 0 Å². The van der Waals surface area contributed by atoms with E-state index in [0.717, 1.165) is 64.6 Å². The van der Waals surface area contributed by atoms with Crippen molar-refractivity contribution in [3.63, 3.8) is 0 Å². The summed E-state index contributed by atoms with van der Waals surface area (Å²) in [4.78, 5) is 0. The predicted octanol–water partition coefficient (Wildman–Crippen LogP) is 10.2. The predicted molar refractivity (Wildman–Crippen MR) is 150 cm³/mol. The molecule has 0 aromatic rings. The molecule has 3 nitrogen and oxygen atoms in total. The molecule has 3 heteroatoms. The van der Waals surface area contributed by atoms with Crippen LogP contribution in [-0.4, -0.2) is 24.8 Å². The van der Waals surface area contributed by atoms with Gasteiger partial charge in [-0.3, -0.25) is 0 Å². The van der Waals surface area contributed by atoms with E-state index in [-0.39, 0.29) is 0 Å². The lowest BCUT2D eigenvalue weighted by Crippen LogP contribution is -2.49. The molecule has 0 saturated carbocycles. The summed E-state index contributed by atoms with van der Waals surface area (Å²) >= 11 is 0. The molecular weight excluding hydrogens is 432 g/mol. The van der Waals surface area contributed by atoms with E-state index in [2.05, 4.69) is 38.2 Å². The van der Waals surface area contributed by atoms with E-state index in [1.54, 1.807) is 0 Å². The molecule has 204 valence electrons. The summed E-state index contributed by atoms with van der Waals surface area (Å²) in [5.74, 6) is -1.25. The van der Waals surface area contributed by atoms with Crippen LogP contribution >= 0.6 is 0 Å². The van der Waals surface area contributed by atoms with Gasteiger partial charge in [0.25, 0.3) is 0 Å². The van der Waals surface area contributed by atoms with Gasteiger partial charge in [-0.2, -0.15) is 0 Å². The highest BCUT2D eigenvalue weighted by Crippen LogP contribution is 2.38. The third-order valence-electron chi connectivity index (χ3n) is 7.57. The van der Waals surface area contributed by atoms with Gasteiger partial charge in [-0.1, -0.05) is 103 Å². The summed E-state index contributed by atoms with van der Waals surface area (Å²) < 4.78 is 19.5. The van der Waals surface area contributed by atoms with Gasteiger partial charge in [0.2, 0.25) is 0 Å². The van der Waals surface area contributed by atoms with Gasteiger partial charge in [-0.25, -0.2) is 0 Å². The van der Waals surface area contributed by atoms with Crippen molar-refractivity contribution in [1.29, 1.82) is 0 Å². The van der Waals surface area contributed by atoms with Crippen LogP contribution in [0.1, 0.15) is 155 Å². The molecular formula is C32H58O3. The lowest BCUT2D eigenvalue weighted by molar-refractivity contribution is -0.340. The van der Waals surface area contributed by atoms with Crippen molar-refractivity contribution in [2.75, 3.05) is 13.2 Å². The Bertz CT molecular complexity index is 493. The second-order valence-corrected chi connectivity index (χ2v) is 11.0. The van der Waals surface area contributed by atoms with Crippen molar-refractivity contribution in [3.8, 4) is 0 Å². The highest BCUT2D eigenvalue weighted by molar-refractivity contribution is 5.04. The zero-order chi connectivity index (χ0) is 24.9. The lowest BCUT2D eigenvalue weighted by atomic mass is 10.00. The van der Waals surface area contributed by atoms with Gasteiger partial charge in [0.15, 0.2) is 11.6 Å². The van der Waals surface area contributed by atoms with Gasteiger partial charge in [0.1, 0.15) is 0 Å². The van der Waals surface area contributed by atoms with E-state index in [4.69, 9.17) is 14.2 Å². The van der Waals surface area contributed by atoms with Crippen molar-refractivity contribution < 1.29 is 14.2 Å². The third-order valence-corrected chi connectivity index (χ3v) is 7.57. The van der Waals surface area contributed by atoms with Crippen LogP contribution in [0.4, 0.5) is 0 Å². The summed E-state index contributed by atoms with van der Waals surface area (Å²) in [5.41, 5.74) is 0. The summed E-state index contributed by atoms with van der Waals surface area (Å²) in [6.45, 7) is 6.12. The van der Waals surface area contributed by atoms with Gasteiger partial charge in [-0.05, 0) is 63.5 Å². The first-order valence-electron chi connectivity index (χ1n) is 15.6. The largest absolute Gasteiger partial charge is 0.346 e. The molecule has 0 aromatic heterocycles. The first-order valence-corrected chi connectivity index (χ1v) is 15.6. The summed E-state index contributed by atoms with van der Waals surface area (Å²) in [7, 11) is 0. The van der Waals surface area contributed by atoms with Crippen molar-refractivity contribution >= 4 is 0 Å². The van der Waals surface area contributed by atoms with E-state index in [9.17, 15) is 0 Å². The maximum Gasteiger partial charge on any atom is 0.191 e. The standard InChI is InChI=1S/C32H58O3/c1-3-5-7-9-11-13-15-17-19-25-31(27-21-23-29-33-31)35-32(28-22-24-30-34-32)26-20-18-16-14-12-10-8-6-4-2/h19-20,25-26H,3-18,21-24,27-30H2,1-2H3. The molecule has 0 bridgehead atoms. The number of rotatable bonds is 20. The Hall–Kier alpha value is -0.640. The second-order valence-electron chi connectivity index (χ2n) is 11.0. The van der Waals surface area contributed by atoms with Crippen molar-refractivity contribution in [2.45, 2.75) is 167 Å². The number of hydrogen-bond acceptors (Lipinski definition) is 3. The number of ether oxygens (including phenoxy) is 3. The fourth-order valence-electron chi connectivity index (χ4n) is 5.33. The van der Waals surface area contributed by atoms with Gasteiger partial charge >= 0.3 is 0 Å². The maximum absolute atomic E-state index is 6.83. The average molecular weight is 491 g/mol. The molecule has 0 spiro atoms. The zero-order valence-electron chi connectivity index (χ0n) is 23.5. The number of hydrogen-bond donors (Lipinski definition) is 0. The molecule has 35 heavy (non-hydrogen) atoms. The number of allylic oxidation sites excluding steroid dienone is 2. The Balaban J connectivity index is 1.83. The van der Waals surface area contributed by atoms with Crippen LogP contribution in [0.5, 0.6) is 0 Å². The molecule has 2 aliphatic heterocycles. The summed E-state index contributed by atoms with van der Waals surface area (Å²) in [5, 5.41) is 0. The Morgan fingerprint density at radius 1 is 0.543 bits per heavy atom. The highest BCUT2D eigenvalue weighted by Gasteiger charge is 2.42. The minimum absolute atomic E-state index is 0.625. The van der Waals surface area contributed by atoms with Crippen LogP contribution in [0.2, 0.25) is 0 Å². The fourth-order valence-corrected chi connectivity index (χ4v) is 5.33. The molecule has 2 atom stereocenters. The van der Waals surface area contributed by atoms with Crippen molar-refractivity contribution in [2.24, 2.45) is 0 Å². The first-order chi connectivity index (χ1) is 17.2. The topological polar surface area (TPSA) is 27.7 Å². The maximum atomic E-state index is 6.83. The van der Waals surface area contributed by atoms with Crippen molar-refractivity contribution in [1.82, 2.24) is 0 Å². The molecule has 2 heterocycles. The third kappa shape index (κ3) is 13.5. The Labute approximate surface area is 218 Å². The number of unbranched alkanes of at least 4 members (excludes halogenated alkanes) is 14. The molecule has 0 aromatic carbocycles. The normalized spacial score (nSPS) is 25.7. The lowest BCUT2D eigenvalue weighted by Gasteiger charge is -2.44. The SMILES string of the molecule is CCCCCCCCCC=CC1(OC2(C=CCCCCCCCCC)CCCCO2)CCCCO1. The van der Waals surface area contributed by atoms with Crippen LogP contribution in [0.15, 0.2) is 24.3 Å². The summed E-state index contributed by atoms with van der Waals surface area (Å²) in [6, 6.07) is 0. The quantitative estimate of drug-likeness (QED) is 0.125. The molecule has 2 fully saturated rings. The molecule has 2 rings (SSSR count). The van der Waals surface area contributed by atoms with Gasteiger partial charge in [0.05, 0.1) is 13.2 Å². The Morgan fingerprint density at radius 2 is 0.943 bits per heavy atom. The van der Waals surface area contributed by atoms with Crippen LogP contribution < -0.4 is 0 Å². The van der Waals surface area contributed by atoms with E-state index < -0.39 is 11.6 Å². The zero-order valence-corrected chi connectivity index (χ0v) is 23.5. The molecule has 2 aliphatic rings. The van der Waals surface area contributed by atoms with E-state index in [1.807, 2.05) is 0 Å². The monoisotopic (exact) mass is 490 g/mol. The van der Waals surface area contributed by atoms with Crippen LogP contribution in [-0.2, 0) is 14.2 Å². The van der Waals surface area contributed by atoms with Crippen LogP contribution in [0.3, 0.4) is 0 Å². The molecule has 0 radical (unpaired) electrons. The van der Waals surface area contributed by atoms with Gasteiger partial charge in [0, 0.05) is 12.8 Å². The molecule has 0 amide bonds. The fraction of sp³-hybridized carbons (Fsp3) is 0.875. The Morgan fingerprint density at radius 3 is 1.31 bits per heavy atom. The van der Waals surface area contributed by atoms with E-state index in [1.165, 1.54) is 89.9 Å². The first kappa shape index (κ1) is 30.6. The van der Waals surface area contributed by atoms with Crippen molar-refractivity contribution in [3.05, 3.63) is 24.3 Å². The minimum atomic E-state index is -0.625. The molecule has 2 saturated heterocycles. The highest BCUT2D eigenvalue weighted by atomic mass is 16.8. The van der Waals surface area contributed by atoms with Gasteiger partial charge in [-0.15, -0.1) is 0 Å². The molecule has 0 N–H and O–H groups in total. The van der Waals surface area contributed by atoms with E-state index in [0.29, 0.717) is 0 Å². The molecule has 2 unspecified atom stereocenters. The second kappa shape index (κ2) is 19.5. The van der Waals surface area contributed by atoms with Gasteiger partial charge < -0.3 is 14.2 Å². The minimum Gasteiger partial charge on any atom is -0.346 e. The smallest absolute Gasteiger partial charge is 0.191 e. The summed E-state index contributed by atoms with van der Waals surface area (Å²) in [6.07, 6.45) is 36.6. The van der Waals surface area contributed by atoms with E-state index >= 15 is 0 Å². The Kier molecular flexibility index (Phi) is 17.0.